The summed E-state index contributed by atoms with van der Waals surface area (Å²) in [5.74, 6) is -3.59. The Bertz CT molecular complexity index is 525. The van der Waals surface area contributed by atoms with Crippen molar-refractivity contribution >= 4 is 15.8 Å². The maximum absolute atomic E-state index is 13.0. The van der Waals surface area contributed by atoms with Crippen LogP contribution in [0, 0.1) is 11.6 Å². The highest BCUT2D eigenvalue weighted by Gasteiger charge is 2.20. The van der Waals surface area contributed by atoms with Gasteiger partial charge in [-0.3, -0.25) is 4.79 Å². The molecular weight excluding hydrogens is 228 g/mol. The van der Waals surface area contributed by atoms with E-state index in [1.165, 1.54) is 0 Å². The summed E-state index contributed by atoms with van der Waals surface area (Å²) < 4.78 is 47.6. The van der Waals surface area contributed by atoms with Crippen molar-refractivity contribution in [2.24, 2.45) is 5.14 Å². The van der Waals surface area contributed by atoms with E-state index in [0.29, 0.717) is 12.1 Å². The van der Waals surface area contributed by atoms with Gasteiger partial charge in [-0.2, -0.15) is 0 Å². The largest absolute Gasteiger partial charge is 0.295 e. The highest BCUT2D eigenvalue weighted by molar-refractivity contribution is 7.89. The standard InChI is InChI=1S/C8H7F2NO3S/c1-4(12)5-2-6(9)8(10)7(3-5)15(11,13)14/h2-3H,1H3,(H2,11,13,14). The Hall–Kier alpha value is -1.34. The lowest BCUT2D eigenvalue weighted by Crippen LogP contribution is -2.16. The molecule has 0 aromatic heterocycles. The smallest absolute Gasteiger partial charge is 0.241 e. The van der Waals surface area contributed by atoms with Gasteiger partial charge in [-0.15, -0.1) is 0 Å². The minimum Gasteiger partial charge on any atom is -0.295 e. The molecule has 15 heavy (non-hydrogen) atoms. The van der Waals surface area contributed by atoms with Gasteiger partial charge in [0.1, 0.15) is 4.90 Å². The van der Waals surface area contributed by atoms with E-state index in [0.717, 1.165) is 6.92 Å². The number of ketones is 1. The first-order valence-electron chi connectivity index (χ1n) is 3.76. The van der Waals surface area contributed by atoms with E-state index < -0.39 is 32.3 Å². The number of carbonyl (C=O) groups excluding carboxylic acids is 1. The molecule has 0 amide bonds. The second kappa shape index (κ2) is 3.67. The first kappa shape index (κ1) is 11.7. The Morgan fingerprint density at radius 3 is 2.27 bits per heavy atom. The molecule has 1 aromatic rings. The van der Waals surface area contributed by atoms with Gasteiger partial charge in [-0.25, -0.2) is 22.3 Å². The number of sulfonamides is 1. The van der Waals surface area contributed by atoms with Crippen LogP contribution in [0.15, 0.2) is 17.0 Å². The lowest BCUT2D eigenvalue weighted by Gasteiger charge is -2.03. The van der Waals surface area contributed by atoms with E-state index in [1.54, 1.807) is 0 Å². The average Bonchev–Trinajstić information content (AvgIpc) is 2.06. The number of primary sulfonamides is 1. The van der Waals surface area contributed by atoms with Gasteiger partial charge >= 0.3 is 0 Å². The van der Waals surface area contributed by atoms with E-state index >= 15 is 0 Å². The van der Waals surface area contributed by atoms with Crippen LogP contribution < -0.4 is 5.14 Å². The zero-order valence-electron chi connectivity index (χ0n) is 7.62. The Kier molecular flexibility index (Phi) is 2.87. The molecular formula is C8H7F2NO3S. The predicted octanol–water partition coefficient (Wildman–Crippen LogP) is 0.815. The number of rotatable bonds is 2. The third-order valence-corrected chi connectivity index (χ3v) is 2.62. The molecule has 1 rings (SSSR count). The number of hydrogen-bond acceptors (Lipinski definition) is 3. The van der Waals surface area contributed by atoms with Crippen molar-refractivity contribution in [3.63, 3.8) is 0 Å². The van der Waals surface area contributed by atoms with E-state index in [9.17, 15) is 22.0 Å². The van der Waals surface area contributed by atoms with Gasteiger partial charge in [-0.1, -0.05) is 0 Å². The molecule has 0 saturated carbocycles. The molecule has 0 heterocycles. The van der Waals surface area contributed by atoms with Gasteiger partial charge in [-0.05, 0) is 19.1 Å². The molecule has 0 radical (unpaired) electrons. The fraction of sp³-hybridized carbons (Fsp3) is 0.125. The molecule has 0 spiro atoms. The Morgan fingerprint density at radius 2 is 1.87 bits per heavy atom. The van der Waals surface area contributed by atoms with Gasteiger partial charge in [0.15, 0.2) is 17.4 Å². The highest BCUT2D eigenvalue weighted by Crippen LogP contribution is 2.18. The van der Waals surface area contributed by atoms with Crippen LogP contribution in [0.4, 0.5) is 8.78 Å². The molecule has 1 aromatic carbocycles. The monoisotopic (exact) mass is 235 g/mol. The fourth-order valence-corrected chi connectivity index (χ4v) is 1.61. The van der Waals surface area contributed by atoms with Crippen molar-refractivity contribution in [1.82, 2.24) is 0 Å². The van der Waals surface area contributed by atoms with Crippen LogP contribution >= 0.6 is 0 Å². The fourth-order valence-electron chi connectivity index (χ4n) is 0.974. The molecule has 7 heteroatoms. The van der Waals surface area contributed by atoms with Crippen LogP contribution in [0.1, 0.15) is 17.3 Å². The molecule has 0 atom stereocenters. The third-order valence-electron chi connectivity index (χ3n) is 1.71. The van der Waals surface area contributed by atoms with Crippen LogP contribution in [-0.2, 0) is 10.0 Å². The number of halogens is 2. The summed E-state index contributed by atoms with van der Waals surface area (Å²) in [7, 11) is -4.38. The first-order chi connectivity index (χ1) is 6.73. The SMILES string of the molecule is CC(=O)c1cc(F)c(F)c(S(N)(=O)=O)c1. The summed E-state index contributed by atoms with van der Waals surface area (Å²) >= 11 is 0. The van der Waals surface area contributed by atoms with E-state index in [-0.39, 0.29) is 5.56 Å². The highest BCUT2D eigenvalue weighted by atomic mass is 32.2. The number of benzene rings is 1. The van der Waals surface area contributed by atoms with Crippen molar-refractivity contribution < 1.29 is 22.0 Å². The van der Waals surface area contributed by atoms with Crippen molar-refractivity contribution in [1.29, 1.82) is 0 Å². The molecule has 0 aliphatic carbocycles. The molecule has 0 aliphatic rings. The Balaban J connectivity index is 3.59. The van der Waals surface area contributed by atoms with Gasteiger partial charge in [0, 0.05) is 5.56 Å². The maximum atomic E-state index is 13.0. The van der Waals surface area contributed by atoms with E-state index in [4.69, 9.17) is 0 Å². The molecule has 0 aliphatic heterocycles. The third kappa shape index (κ3) is 2.37. The maximum Gasteiger partial charge on any atom is 0.241 e. The first-order valence-corrected chi connectivity index (χ1v) is 5.31. The quantitative estimate of drug-likeness (QED) is 0.771. The van der Waals surface area contributed by atoms with Crippen molar-refractivity contribution in [3.8, 4) is 0 Å². The summed E-state index contributed by atoms with van der Waals surface area (Å²) in [6.45, 7) is 1.10. The minimum atomic E-state index is -4.38. The predicted molar refractivity (Wildman–Crippen MR) is 47.7 cm³/mol. The van der Waals surface area contributed by atoms with Crippen LogP contribution in [0.5, 0.6) is 0 Å². The van der Waals surface area contributed by atoms with Gasteiger partial charge in [0.25, 0.3) is 0 Å². The normalized spacial score (nSPS) is 11.5. The second-order valence-corrected chi connectivity index (χ2v) is 4.40. The summed E-state index contributed by atoms with van der Waals surface area (Å²) in [4.78, 5) is 9.84. The summed E-state index contributed by atoms with van der Waals surface area (Å²) in [6.07, 6.45) is 0. The average molecular weight is 235 g/mol. The van der Waals surface area contributed by atoms with Crippen molar-refractivity contribution in [2.45, 2.75) is 11.8 Å². The van der Waals surface area contributed by atoms with E-state index in [2.05, 4.69) is 5.14 Å². The zero-order chi connectivity index (χ0) is 11.8. The summed E-state index contributed by atoms with van der Waals surface area (Å²) in [6, 6.07) is 1.32. The molecule has 0 bridgehead atoms. The molecule has 0 saturated heterocycles. The van der Waals surface area contributed by atoms with Crippen LogP contribution in [-0.4, -0.2) is 14.2 Å². The van der Waals surface area contributed by atoms with Gasteiger partial charge < -0.3 is 0 Å². The molecule has 82 valence electrons. The van der Waals surface area contributed by atoms with Crippen LogP contribution in [0.25, 0.3) is 0 Å². The topological polar surface area (TPSA) is 77.2 Å². The van der Waals surface area contributed by atoms with E-state index in [1.807, 2.05) is 0 Å². The Labute approximate surface area is 84.8 Å². The number of hydrogen-bond donors (Lipinski definition) is 1. The summed E-state index contributed by atoms with van der Waals surface area (Å²) in [5, 5.41) is 4.65. The number of carbonyl (C=O) groups is 1. The van der Waals surface area contributed by atoms with Crippen molar-refractivity contribution in [2.75, 3.05) is 0 Å². The molecule has 0 fully saturated rings. The summed E-state index contributed by atoms with van der Waals surface area (Å²) in [5.41, 5.74) is -0.252. The minimum absolute atomic E-state index is 0.252. The number of nitrogens with two attached hydrogens (primary N) is 1. The molecule has 2 N–H and O–H groups in total. The molecule has 0 unspecified atom stereocenters. The molecule has 4 nitrogen and oxygen atoms in total. The second-order valence-electron chi connectivity index (χ2n) is 2.87. The number of Topliss-reactive ketones (excluding diaryl/α,β-unsaturated/α-hetero) is 1. The lowest BCUT2D eigenvalue weighted by atomic mass is 10.1. The van der Waals surface area contributed by atoms with Gasteiger partial charge in [0.05, 0.1) is 0 Å². The zero-order valence-corrected chi connectivity index (χ0v) is 8.44. The lowest BCUT2D eigenvalue weighted by molar-refractivity contribution is 0.101. The van der Waals surface area contributed by atoms with Gasteiger partial charge in [0.2, 0.25) is 10.0 Å². The van der Waals surface area contributed by atoms with Crippen LogP contribution in [0.2, 0.25) is 0 Å². The Morgan fingerprint density at radius 1 is 1.33 bits per heavy atom. The van der Waals surface area contributed by atoms with Crippen molar-refractivity contribution in [3.05, 3.63) is 29.3 Å². The van der Waals surface area contributed by atoms with Crippen LogP contribution in [0.3, 0.4) is 0 Å².